The number of aliphatic carboxylic acids is 1. The molecule has 0 atom stereocenters. The number of hydrogen-bond acceptors (Lipinski definition) is 2. The smallest absolute Gasteiger partial charge is 0.389 e. The minimum absolute atomic E-state index is 0.0501. The highest BCUT2D eigenvalue weighted by molar-refractivity contribution is 5.90. The molecule has 0 unspecified atom stereocenters. The molecule has 1 aromatic rings. The summed E-state index contributed by atoms with van der Waals surface area (Å²) in [4.78, 5) is 21.8. The van der Waals surface area contributed by atoms with Crippen molar-refractivity contribution in [2.75, 3.05) is 5.32 Å². The van der Waals surface area contributed by atoms with Crippen molar-refractivity contribution in [1.82, 2.24) is 0 Å². The van der Waals surface area contributed by atoms with Crippen molar-refractivity contribution in [2.45, 2.75) is 31.9 Å². The summed E-state index contributed by atoms with van der Waals surface area (Å²) in [5.41, 5.74) is 1.06. The Hall–Kier alpha value is -2.05. The van der Waals surface area contributed by atoms with E-state index in [-0.39, 0.29) is 6.42 Å². The molecule has 0 aromatic heterocycles. The van der Waals surface area contributed by atoms with E-state index in [1.54, 1.807) is 18.2 Å². The minimum atomic E-state index is -4.36. The summed E-state index contributed by atoms with van der Waals surface area (Å²) in [5.74, 6) is -1.66. The highest BCUT2D eigenvalue weighted by Gasteiger charge is 2.27. The zero-order valence-electron chi connectivity index (χ0n) is 10.5. The van der Waals surface area contributed by atoms with Gasteiger partial charge >= 0.3 is 12.1 Å². The van der Waals surface area contributed by atoms with Gasteiger partial charge in [-0.2, -0.15) is 13.2 Å². The Morgan fingerprint density at radius 3 is 2.50 bits per heavy atom. The van der Waals surface area contributed by atoms with Gasteiger partial charge in [0.1, 0.15) is 0 Å². The molecular formula is C13H14F3NO3. The fourth-order valence-corrected chi connectivity index (χ4v) is 1.53. The largest absolute Gasteiger partial charge is 0.481 e. The number of carbonyl (C=O) groups excluding carboxylic acids is 1. The first-order chi connectivity index (χ1) is 9.26. The summed E-state index contributed by atoms with van der Waals surface area (Å²) >= 11 is 0. The third kappa shape index (κ3) is 6.77. The van der Waals surface area contributed by atoms with Gasteiger partial charge in [0, 0.05) is 18.5 Å². The molecule has 0 spiro atoms. The summed E-state index contributed by atoms with van der Waals surface area (Å²) in [6.45, 7) is 0. The molecule has 0 bridgehead atoms. The monoisotopic (exact) mass is 289 g/mol. The van der Waals surface area contributed by atoms with Gasteiger partial charge in [0.2, 0.25) is 5.91 Å². The molecule has 0 saturated carbocycles. The van der Waals surface area contributed by atoms with E-state index in [1.807, 2.05) is 0 Å². The Labute approximate surface area is 113 Å². The molecule has 1 aromatic carbocycles. The average molecular weight is 289 g/mol. The maximum atomic E-state index is 12.0. The number of carbonyl (C=O) groups is 2. The number of halogens is 3. The van der Waals surface area contributed by atoms with Crippen LogP contribution in [0.15, 0.2) is 24.3 Å². The number of amides is 1. The van der Waals surface area contributed by atoms with Gasteiger partial charge in [0.25, 0.3) is 0 Å². The predicted molar refractivity (Wildman–Crippen MR) is 66.3 cm³/mol. The molecule has 0 aliphatic carbocycles. The molecule has 110 valence electrons. The van der Waals surface area contributed by atoms with Crippen LogP contribution >= 0.6 is 0 Å². The van der Waals surface area contributed by atoms with Crippen molar-refractivity contribution in [3.05, 3.63) is 29.8 Å². The summed E-state index contributed by atoms with van der Waals surface area (Å²) < 4.78 is 35.9. The molecule has 20 heavy (non-hydrogen) atoms. The zero-order valence-corrected chi connectivity index (χ0v) is 10.5. The van der Waals surface area contributed by atoms with Gasteiger partial charge in [-0.1, -0.05) is 12.1 Å². The van der Waals surface area contributed by atoms with Crippen LogP contribution in [0, 0.1) is 0 Å². The Bertz CT molecular complexity index is 486. The number of benzene rings is 1. The topological polar surface area (TPSA) is 66.4 Å². The normalized spacial score (nSPS) is 11.2. The van der Waals surface area contributed by atoms with Gasteiger partial charge in [-0.25, -0.2) is 0 Å². The van der Waals surface area contributed by atoms with Crippen molar-refractivity contribution < 1.29 is 27.9 Å². The fraction of sp³-hybridized carbons (Fsp3) is 0.385. The summed E-state index contributed by atoms with van der Waals surface area (Å²) in [5, 5.41) is 10.9. The van der Waals surface area contributed by atoms with E-state index in [0.717, 1.165) is 0 Å². The Balaban J connectivity index is 2.53. The third-order valence-corrected chi connectivity index (χ3v) is 2.47. The molecule has 0 fully saturated rings. The predicted octanol–water partition coefficient (Wildman–Crippen LogP) is 2.98. The molecule has 1 amide bonds. The number of rotatable bonds is 6. The molecule has 0 radical (unpaired) electrons. The van der Waals surface area contributed by atoms with E-state index in [2.05, 4.69) is 5.32 Å². The van der Waals surface area contributed by atoms with E-state index in [0.29, 0.717) is 17.7 Å². The van der Waals surface area contributed by atoms with E-state index >= 15 is 0 Å². The number of carboxylic acid groups (broad SMARTS) is 1. The molecule has 4 nitrogen and oxygen atoms in total. The zero-order chi connectivity index (χ0) is 15.2. The van der Waals surface area contributed by atoms with Crippen molar-refractivity contribution >= 4 is 17.6 Å². The van der Waals surface area contributed by atoms with Gasteiger partial charge in [-0.15, -0.1) is 0 Å². The second kappa shape index (κ2) is 6.93. The molecule has 0 heterocycles. The lowest BCUT2D eigenvalue weighted by molar-refractivity contribution is -0.142. The number of carboxylic acids is 1. The van der Waals surface area contributed by atoms with Crippen molar-refractivity contribution in [2.24, 2.45) is 0 Å². The lowest BCUT2D eigenvalue weighted by atomic mass is 10.1. The number of anilines is 1. The second-order valence-electron chi connectivity index (χ2n) is 4.26. The van der Waals surface area contributed by atoms with Crippen LogP contribution in [-0.2, 0) is 16.0 Å². The number of alkyl halides is 3. The summed E-state index contributed by atoms with van der Waals surface area (Å²) in [6.07, 6.45) is -5.92. The van der Waals surface area contributed by atoms with Gasteiger partial charge < -0.3 is 10.4 Å². The quantitative estimate of drug-likeness (QED) is 0.846. The van der Waals surface area contributed by atoms with Crippen molar-refractivity contribution in [1.29, 1.82) is 0 Å². The van der Waals surface area contributed by atoms with Crippen LogP contribution in [0.1, 0.15) is 24.8 Å². The van der Waals surface area contributed by atoms with Crippen LogP contribution in [0.5, 0.6) is 0 Å². The molecule has 0 saturated heterocycles. The molecule has 2 N–H and O–H groups in total. The molecule has 7 heteroatoms. The summed E-state index contributed by atoms with van der Waals surface area (Å²) in [7, 11) is 0. The Morgan fingerprint density at radius 2 is 1.90 bits per heavy atom. The number of hydrogen-bond donors (Lipinski definition) is 2. The molecule has 0 aliphatic heterocycles. The first-order valence-corrected chi connectivity index (χ1v) is 5.93. The molecule has 1 rings (SSSR count). The van der Waals surface area contributed by atoms with Crippen LogP contribution < -0.4 is 5.32 Å². The van der Waals surface area contributed by atoms with E-state index in [9.17, 15) is 22.8 Å². The third-order valence-electron chi connectivity index (χ3n) is 2.47. The lowest BCUT2D eigenvalue weighted by Crippen LogP contribution is -2.16. The Morgan fingerprint density at radius 1 is 1.20 bits per heavy atom. The van der Waals surface area contributed by atoms with E-state index in [1.165, 1.54) is 6.07 Å². The van der Waals surface area contributed by atoms with Crippen LogP contribution in [0.2, 0.25) is 0 Å². The van der Waals surface area contributed by atoms with Gasteiger partial charge in [-0.3, -0.25) is 9.59 Å². The van der Waals surface area contributed by atoms with E-state index < -0.39 is 30.9 Å². The first kappa shape index (κ1) is 16.0. The number of aryl methyl sites for hydroxylation is 1. The van der Waals surface area contributed by atoms with E-state index in [4.69, 9.17) is 5.11 Å². The lowest BCUT2D eigenvalue weighted by Gasteiger charge is -2.08. The maximum Gasteiger partial charge on any atom is 0.389 e. The SMILES string of the molecule is O=C(O)CCc1cccc(NC(=O)CCC(F)(F)F)c1. The molecule has 0 aliphatic rings. The highest BCUT2D eigenvalue weighted by atomic mass is 19.4. The van der Waals surface area contributed by atoms with Crippen molar-refractivity contribution in [3.63, 3.8) is 0 Å². The van der Waals surface area contributed by atoms with Crippen LogP contribution in [0.4, 0.5) is 18.9 Å². The minimum Gasteiger partial charge on any atom is -0.481 e. The highest BCUT2D eigenvalue weighted by Crippen LogP contribution is 2.21. The maximum absolute atomic E-state index is 12.0. The van der Waals surface area contributed by atoms with Gasteiger partial charge in [-0.05, 0) is 24.1 Å². The second-order valence-corrected chi connectivity index (χ2v) is 4.26. The Kier molecular flexibility index (Phi) is 5.54. The van der Waals surface area contributed by atoms with Crippen LogP contribution in [0.3, 0.4) is 0 Å². The van der Waals surface area contributed by atoms with Crippen molar-refractivity contribution in [3.8, 4) is 0 Å². The van der Waals surface area contributed by atoms with Gasteiger partial charge in [0.15, 0.2) is 0 Å². The first-order valence-electron chi connectivity index (χ1n) is 5.93. The fourth-order valence-electron chi connectivity index (χ4n) is 1.53. The average Bonchev–Trinajstić information content (AvgIpc) is 2.34. The van der Waals surface area contributed by atoms with Crippen LogP contribution in [-0.4, -0.2) is 23.2 Å². The van der Waals surface area contributed by atoms with Crippen LogP contribution in [0.25, 0.3) is 0 Å². The summed E-state index contributed by atoms with van der Waals surface area (Å²) in [6, 6.07) is 6.38. The van der Waals surface area contributed by atoms with Gasteiger partial charge in [0.05, 0.1) is 6.42 Å². The number of nitrogens with one attached hydrogen (secondary N) is 1. The standard InChI is InChI=1S/C13H14F3NO3/c14-13(15,16)7-6-11(18)17-10-3-1-2-9(8-10)4-5-12(19)20/h1-3,8H,4-7H2,(H,17,18)(H,19,20). The molecular weight excluding hydrogens is 275 g/mol.